The number of para-hydroxylation sites is 2. The van der Waals surface area contributed by atoms with Crippen LogP contribution in [0.15, 0.2) is 70.0 Å². The second kappa shape index (κ2) is 9.29. The summed E-state index contributed by atoms with van der Waals surface area (Å²) in [7, 11) is 0. The summed E-state index contributed by atoms with van der Waals surface area (Å²) in [6.07, 6.45) is 0. The molecule has 8 nitrogen and oxygen atoms in total. The van der Waals surface area contributed by atoms with Gasteiger partial charge in [0.05, 0.1) is 23.7 Å². The number of nitrogens with one attached hydrogen (secondary N) is 1. The van der Waals surface area contributed by atoms with E-state index in [1.165, 1.54) is 0 Å². The highest BCUT2D eigenvalue weighted by Gasteiger charge is 2.24. The molecule has 0 saturated carbocycles. The highest BCUT2D eigenvalue weighted by atomic mass is 35.5. The summed E-state index contributed by atoms with van der Waals surface area (Å²) in [6, 6.07) is 20.4. The number of rotatable bonds is 5. The molecule has 37 heavy (non-hydrogen) atoms. The van der Waals surface area contributed by atoms with E-state index < -0.39 is 5.76 Å². The van der Waals surface area contributed by atoms with Crippen molar-refractivity contribution < 1.29 is 14.0 Å². The van der Waals surface area contributed by atoms with Crippen LogP contribution >= 0.6 is 11.6 Å². The van der Waals surface area contributed by atoms with Gasteiger partial charge < -0.3 is 9.47 Å². The Labute approximate surface area is 217 Å². The minimum absolute atomic E-state index is 0.384. The molecule has 3 heterocycles. The predicted molar refractivity (Wildman–Crippen MR) is 141 cm³/mol. The number of allylic oxidation sites excluding steroid dienone is 1. The van der Waals surface area contributed by atoms with Crippen LogP contribution < -0.4 is 15.2 Å². The molecule has 0 fully saturated rings. The normalized spacial score (nSPS) is 14.0. The summed E-state index contributed by atoms with van der Waals surface area (Å²) >= 11 is 6.41. The molecule has 6 rings (SSSR count). The van der Waals surface area contributed by atoms with Crippen LogP contribution in [-0.2, 0) is 13.2 Å². The van der Waals surface area contributed by atoms with E-state index in [1.807, 2.05) is 60.9 Å². The summed E-state index contributed by atoms with van der Waals surface area (Å²) in [5, 5.41) is 4.51. The second-order valence-corrected chi connectivity index (χ2v) is 9.15. The number of halogens is 1. The van der Waals surface area contributed by atoms with Gasteiger partial charge in [0.15, 0.2) is 5.82 Å². The molecule has 0 bridgehead atoms. The number of hydrogen-bond acceptors (Lipinski definition) is 6. The van der Waals surface area contributed by atoms with Crippen molar-refractivity contribution in [2.45, 2.75) is 27.0 Å². The Balaban J connectivity index is 1.48. The molecule has 0 atom stereocenters. The van der Waals surface area contributed by atoms with Crippen LogP contribution in [0.4, 0.5) is 0 Å². The summed E-state index contributed by atoms with van der Waals surface area (Å²) in [4.78, 5) is 19.0. The lowest BCUT2D eigenvalue weighted by Gasteiger charge is -2.15. The van der Waals surface area contributed by atoms with Crippen LogP contribution in [0.1, 0.15) is 41.9 Å². The molecule has 0 unspecified atom stereocenters. The molecular weight excluding hydrogens is 492 g/mol. The van der Waals surface area contributed by atoms with Crippen molar-refractivity contribution in [2.24, 2.45) is 0 Å². The maximum absolute atomic E-state index is 11.7. The van der Waals surface area contributed by atoms with Crippen LogP contribution in [0.3, 0.4) is 0 Å². The summed E-state index contributed by atoms with van der Waals surface area (Å²) in [5.41, 5.74) is 7.31. The number of imidazole rings is 1. The fraction of sp³-hybridized carbons (Fsp3) is 0.179. The number of aromatic nitrogens is 4. The van der Waals surface area contributed by atoms with Crippen LogP contribution in [0, 0.1) is 0 Å². The van der Waals surface area contributed by atoms with Gasteiger partial charge >= 0.3 is 5.76 Å². The maximum atomic E-state index is 11.7. The standard InChI is InChI=1S/C28H23ClN4O4/c1-3-35-27-30-25-21(29)8-6-9-22(25)33(27)14-17-11-12-19-18(13-17)15-36-23-10-5-4-7-20(23)24(19)16(2)26-31-28(34)37-32-26/h4-13H,3,14-15H2,1-2H3,(H,31,32,34). The molecule has 9 heteroatoms. The highest BCUT2D eigenvalue weighted by molar-refractivity contribution is 6.34. The maximum Gasteiger partial charge on any atom is 0.439 e. The van der Waals surface area contributed by atoms with E-state index in [4.69, 9.17) is 25.6 Å². The van der Waals surface area contributed by atoms with Gasteiger partial charge in [0.25, 0.3) is 6.01 Å². The summed E-state index contributed by atoms with van der Waals surface area (Å²) in [5.74, 6) is 0.547. The van der Waals surface area contributed by atoms with E-state index in [0.717, 1.165) is 44.7 Å². The number of ether oxygens (including phenoxy) is 2. The van der Waals surface area contributed by atoms with E-state index in [0.29, 0.717) is 42.1 Å². The molecule has 0 saturated heterocycles. The zero-order valence-electron chi connectivity index (χ0n) is 20.2. The van der Waals surface area contributed by atoms with Gasteiger partial charge in [-0.15, -0.1) is 0 Å². The predicted octanol–water partition coefficient (Wildman–Crippen LogP) is 5.68. The fourth-order valence-electron chi connectivity index (χ4n) is 4.79. The molecule has 1 N–H and O–H groups in total. The van der Waals surface area contributed by atoms with Gasteiger partial charge in [0.2, 0.25) is 0 Å². The monoisotopic (exact) mass is 514 g/mol. The highest BCUT2D eigenvalue weighted by Crippen LogP contribution is 2.40. The van der Waals surface area contributed by atoms with E-state index in [-0.39, 0.29) is 0 Å². The molecular formula is C28H23ClN4O4. The Morgan fingerprint density at radius 3 is 2.81 bits per heavy atom. The van der Waals surface area contributed by atoms with Crippen molar-refractivity contribution in [3.05, 3.63) is 104 Å². The topological polar surface area (TPSA) is 95.2 Å². The van der Waals surface area contributed by atoms with Gasteiger partial charge in [0.1, 0.15) is 17.9 Å². The van der Waals surface area contributed by atoms with Crippen LogP contribution in [0.2, 0.25) is 5.02 Å². The Bertz CT molecular complexity index is 1730. The van der Waals surface area contributed by atoms with Crippen molar-refractivity contribution >= 4 is 33.8 Å². The number of hydrogen-bond donors (Lipinski definition) is 1. The molecule has 0 radical (unpaired) electrons. The van der Waals surface area contributed by atoms with E-state index in [2.05, 4.69) is 33.3 Å². The lowest BCUT2D eigenvalue weighted by Crippen LogP contribution is -2.06. The molecule has 3 aromatic carbocycles. The molecule has 1 aliphatic rings. The first-order chi connectivity index (χ1) is 18.0. The van der Waals surface area contributed by atoms with E-state index in [1.54, 1.807) is 0 Å². The number of aromatic amines is 1. The van der Waals surface area contributed by atoms with Crippen molar-refractivity contribution in [3.63, 3.8) is 0 Å². The Hall–Kier alpha value is -4.30. The van der Waals surface area contributed by atoms with E-state index >= 15 is 0 Å². The number of nitrogens with zero attached hydrogens (tertiary/aromatic N) is 3. The Morgan fingerprint density at radius 1 is 1.14 bits per heavy atom. The van der Waals surface area contributed by atoms with Crippen LogP contribution in [0.5, 0.6) is 11.8 Å². The number of benzene rings is 3. The van der Waals surface area contributed by atoms with Crippen molar-refractivity contribution in [2.75, 3.05) is 6.61 Å². The van der Waals surface area contributed by atoms with Crippen molar-refractivity contribution in [1.82, 2.24) is 19.7 Å². The molecule has 1 aliphatic heterocycles. The summed E-state index contributed by atoms with van der Waals surface area (Å²) in [6.45, 7) is 5.27. The van der Waals surface area contributed by atoms with E-state index in [9.17, 15) is 4.79 Å². The SMILES string of the molecule is CCOc1nc2c(Cl)cccc2n1Cc1ccc2c(c1)COc1ccccc1C2=C(C)c1noc(=O)[nH]1. The zero-order chi connectivity index (χ0) is 25.5. The summed E-state index contributed by atoms with van der Waals surface area (Å²) < 4.78 is 18.9. The van der Waals surface area contributed by atoms with Crippen molar-refractivity contribution in [3.8, 4) is 11.8 Å². The van der Waals surface area contributed by atoms with Gasteiger partial charge in [-0.05, 0) is 60.4 Å². The number of H-pyrrole nitrogens is 1. The van der Waals surface area contributed by atoms with Gasteiger partial charge in [-0.3, -0.25) is 14.1 Å². The molecule has 2 aromatic heterocycles. The van der Waals surface area contributed by atoms with Crippen LogP contribution in [-0.4, -0.2) is 26.3 Å². The lowest BCUT2D eigenvalue weighted by molar-refractivity contribution is 0.301. The second-order valence-electron chi connectivity index (χ2n) is 8.74. The molecule has 0 amide bonds. The van der Waals surface area contributed by atoms with Crippen LogP contribution in [0.25, 0.3) is 22.2 Å². The molecule has 5 aromatic rings. The molecule has 0 aliphatic carbocycles. The smallest absolute Gasteiger partial charge is 0.439 e. The molecule has 0 spiro atoms. The average Bonchev–Trinajstić information content (AvgIpc) is 3.44. The largest absolute Gasteiger partial charge is 0.488 e. The van der Waals surface area contributed by atoms with Gasteiger partial charge in [0, 0.05) is 11.1 Å². The Kier molecular flexibility index (Phi) is 5.81. The first-order valence-electron chi connectivity index (χ1n) is 11.9. The third-order valence-electron chi connectivity index (χ3n) is 6.46. The first-order valence-corrected chi connectivity index (χ1v) is 12.3. The minimum Gasteiger partial charge on any atom is -0.488 e. The Morgan fingerprint density at radius 2 is 2.00 bits per heavy atom. The fourth-order valence-corrected chi connectivity index (χ4v) is 5.00. The molecule has 186 valence electrons. The van der Waals surface area contributed by atoms with Gasteiger partial charge in [-0.25, -0.2) is 4.79 Å². The third-order valence-corrected chi connectivity index (χ3v) is 6.76. The third kappa shape index (κ3) is 4.09. The first kappa shape index (κ1) is 23.1. The van der Waals surface area contributed by atoms with Gasteiger partial charge in [-0.1, -0.05) is 53.2 Å². The van der Waals surface area contributed by atoms with Gasteiger partial charge in [-0.2, -0.15) is 4.98 Å². The van der Waals surface area contributed by atoms with Crippen molar-refractivity contribution in [1.29, 1.82) is 0 Å². The lowest BCUT2D eigenvalue weighted by atomic mass is 9.89. The zero-order valence-corrected chi connectivity index (χ0v) is 21.0. The average molecular weight is 515 g/mol. The number of fused-ring (bicyclic) bond motifs is 3. The quantitative estimate of drug-likeness (QED) is 0.324. The minimum atomic E-state index is -0.596.